The average molecular weight is 146 g/mol. The van der Waals surface area contributed by atoms with E-state index in [0.29, 0.717) is 0 Å². The van der Waals surface area contributed by atoms with Crippen molar-refractivity contribution in [2.75, 3.05) is 0 Å². The number of carboxylic acids is 2. The van der Waals surface area contributed by atoms with Crippen LogP contribution in [-0.4, -0.2) is 34.6 Å². The van der Waals surface area contributed by atoms with E-state index in [1.807, 2.05) is 0 Å². The molecule has 0 saturated heterocycles. The maximum absolute atomic E-state index is 9.91. The molecule has 0 aromatic carbocycles. The third kappa shape index (κ3) is 2.12. The van der Waals surface area contributed by atoms with E-state index in [1.165, 1.54) is 5.32 Å². The first-order valence-electron chi connectivity index (χ1n) is 2.18. The summed E-state index contributed by atoms with van der Waals surface area (Å²) < 4.78 is 0. The first-order chi connectivity index (χ1) is 4.59. The Bertz CT molecular complexity index is 151. The van der Waals surface area contributed by atoms with Crippen LogP contribution in [0.15, 0.2) is 0 Å². The maximum atomic E-state index is 9.91. The van der Waals surface area contributed by atoms with Gasteiger partial charge in [0.2, 0.25) is 6.04 Å². The summed E-state index contributed by atoms with van der Waals surface area (Å²) in [7, 11) is 0. The molecule has 0 aromatic heterocycles. The minimum Gasteiger partial charge on any atom is -0.479 e. The summed E-state index contributed by atoms with van der Waals surface area (Å²) in [6.07, 6.45) is 0.969. The van der Waals surface area contributed by atoms with Crippen molar-refractivity contribution in [3.8, 4) is 0 Å². The van der Waals surface area contributed by atoms with Crippen LogP contribution in [0.4, 0.5) is 0 Å². The fourth-order valence-corrected chi connectivity index (χ4v) is 0.288. The van der Waals surface area contributed by atoms with Gasteiger partial charge in [0.05, 0.1) is 0 Å². The molecule has 0 aliphatic heterocycles. The highest BCUT2D eigenvalue weighted by molar-refractivity contribution is 5.98. The molecule has 1 amide bonds. The van der Waals surface area contributed by atoms with Crippen LogP contribution in [-0.2, 0) is 14.4 Å². The van der Waals surface area contributed by atoms with E-state index in [0.717, 1.165) is 6.41 Å². The molecule has 0 fully saturated rings. The smallest absolute Gasteiger partial charge is 0.338 e. The highest BCUT2D eigenvalue weighted by Gasteiger charge is 2.24. The van der Waals surface area contributed by atoms with Gasteiger partial charge in [-0.1, -0.05) is 0 Å². The molecule has 1 radical (unpaired) electrons. The zero-order chi connectivity index (χ0) is 8.15. The zero-order valence-electron chi connectivity index (χ0n) is 4.70. The van der Waals surface area contributed by atoms with E-state index in [2.05, 4.69) is 0 Å². The lowest BCUT2D eigenvalue weighted by Crippen LogP contribution is -2.42. The van der Waals surface area contributed by atoms with Gasteiger partial charge in [-0.25, -0.2) is 9.59 Å². The van der Waals surface area contributed by atoms with Crippen molar-refractivity contribution >= 4 is 18.3 Å². The van der Waals surface area contributed by atoms with E-state index in [4.69, 9.17) is 10.2 Å². The molecule has 0 spiro atoms. The van der Waals surface area contributed by atoms with Crippen LogP contribution in [0.5, 0.6) is 0 Å². The summed E-state index contributed by atoms with van der Waals surface area (Å²) in [4.78, 5) is 29.3. The summed E-state index contributed by atoms with van der Waals surface area (Å²) in [5.74, 6) is -3.26. The summed E-state index contributed by atoms with van der Waals surface area (Å²) in [5.41, 5.74) is 0. The van der Waals surface area contributed by atoms with Crippen LogP contribution >= 0.6 is 0 Å². The minimum absolute atomic E-state index is 0.969. The molecule has 0 bridgehead atoms. The number of hydrogen-bond donors (Lipinski definition) is 3. The molecular formula is C4H4NO5. The van der Waals surface area contributed by atoms with E-state index in [1.54, 1.807) is 0 Å². The standard InChI is InChI=1S/C4H4NO5/c6-1-5-2(3(7)8)4(9)10/h2H,(H,5,6)(H,7,8)(H,9,10). The molecule has 10 heavy (non-hydrogen) atoms. The van der Waals surface area contributed by atoms with Gasteiger partial charge in [0.25, 0.3) is 0 Å². The average Bonchev–Trinajstić information content (AvgIpc) is 1.81. The van der Waals surface area contributed by atoms with Crippen LogP contribution in [0.2, 0.25) is 0 Å². The maximum Gasteiger partial charge on any atom is 0.338 e. The Kier molecular flexibility index (Phi) is 2.89. The van der Waals surface area contributed by atoms with Crippen molar-refractivity contribution in [1.82, 2.24) is 5.32 Å². The van der Waals surface area contributed by atoms with E-state index >= 15 is 0 Å². The first kappa shape index (κ1) is 8.41. The Morgan fingerprint density at radius 3 is 1.80 bits per heavy atom. The molecule has 0 unspecified atom stereocenters. The third-order valence-electron chi connectivity index (χ3n) is 0.697. The lowest BCUT2D eigenvalue weighted by molar-refractivity contribution is -0.150. The van der Waals surface area contributed by atoms with Crippen LogP contribution in [0.3, 0.4) is 0 Å². The Balaban J connectivity index is 4.11. The molecule has 0 atom stereocenters. The molecule has 0 aromatic rings. The van der Waals surface area contributed by atoms with Crippen molar-refractivity contribution in [1.29, 1.82) is 0 Å². The molecule has 6 nitrogen and oxygen atoms in total. The number of amides is 1. The molecule has 55 valence electrons. The quantitative estimate of drug-likeness (QED) is 0.320. The van der Waals surface area contributed by atoms with Gasteiger partial charge in [0.15, 0.2) is 0 Å². The largest absolute Gasteiger partial charge is 0.479 e. The number of aliphatic carboxylic acids is 2. The fraction of sp³-hybridized carbons (Fsp3) is 0.250. The Hall–Kier alpha value is -1.59. The Morgan fingerprint density at radius 2 is 1.70 bits per heavy atom. The van der Waals surface area contributed by atoms with Crippen molar-refractivity contribution in [3.63, 3.8) is 0 Å². The van der Waals surface area contributed by atoms with Crippen LogP contribution < -0.4 is 5.32 Å². The molecular weight excluding hydrogens is 142 g/mol. The number of nitrogens with one attached hydrogen (secondary N) is 1. The van der Waals surface area contributed by atoms with Crippen molar-refractivity contribution in [3.05, 3.63) is 0 Å². The number of carbonyl (C=O) groups is 2. The topological polar surface area (TPSA) is 104 Å². The van der Waals surface area contributed by atoms with Gasteiger partial charge < -0.3 is 15.5 Å². The van der Waals surface area contributed by atoms with Gasteiger partial charge in [-0.15, -0.1) is 0 Å². The Morgan fingerprint density at radius 1 is 1.30 bits per heavy atom. The number of carboxylic acid groups (broad SMARTS) is 2. The molecule has 0 aliphatic carbocycles. The van der Waals surface area contributed by atoms with Gasteiger partial charge >= 0.3 is 18.3 Å². The van der Waals surface area contributed by atoms with Crippen molar-refractivity contribution in [2.24, 2.45) is 0 Å². The van der Waals surface area contributed by atoms with Gasteiger partial charge in [0, 0.05) is 0 Å². The van der Waals surface area contributed by atoms with Gasteiger partial charge in [-0.3, -0.25) is 4.79 Å². The predicted octanol–water partition coefficient (Wildman–Crippen LogP) is -1.82. The van der Waals surface area contributed by atoms with E-state index in [-0.39, 0.29) is 0 Å². The molecule has 0 aliphatic rings. The van der Waals surface area contributed by atoms with Gasteiger partial charge in [0.1, 0.15) is 0 Å². The molecule has 0 saturated carbocycles. The summed E-state index contributed by atoms with van der Waals surface area (Å²) in [6.45, 7) is 0. The fourth-order valence-electron chi connectivity index (χ4n) is 0.288. The molecule has 0 heterocycles. The monoisotopic (exact) mass is 146 g/mol. The van der Waals surface area contributed by atoms with Crippen LogP contribution in [0.25, 0.3) is 0 Å². The second-order valence-corrected chi connectivity index (χ2v) is 1.36. The van der Waals surface area contributed by atoms with Gasteiger partial charge in [-0.05, 0) is 0 Å². The predicted molar refractivity (Wildman–Crippen MR) is 27.9 cm³/mol. The van der Waals surface area contributed by atoms with Crippen LogP contribution in [0, 0.1) is 0 Å². The summed E-state index contributed by atoms with van der Waals surface area (Å²) in [5, 5.41) is 17.6. The number of carbonyl (C=O) groups excluding carboxylic acids is 1. The Labute approximate surface area is 55.5 Å². The van der Waals surface area contributed by atoms with Crippen LogP contribution in [0.1, 0.15) is 0 Å². The van der Waals surface area contributed by atoms with Crippen molar-refractivity contribution in [2.45, 2.75) is 6.04 Å². The first-order valence-corrected chi connectivity index (χ1v) is 2.18. The highest BCUT2D eigenvalue weighted by Crippen LogP contribution is 1.80. The second-order valence-electron chi connectivity index (χ2n) is 1.36. The van der Waals surface area contributed by atoms with Crippen molar-refractivity contribution < 1.29 is 24.6 Å². The van der Waals surface area contributed by atoms with E-state index in [9.17, 15) is 14.4 Å². The second kappa shape index (κ2) is 3.44. The SMILES string of the molecule is O=[C]NC(C(=O)O)C(=O)O. The summed E-state index contributed by atoms with van der Waals surface area (Å²) >= 11 is 0. The molecule has 3 N–H and O–H groups in total. The van der Waals surface area contributed by atoms with Gasteiger partial charge in [-0.2, -0.15) is 0 Å². The lowest BCUT2D eigenvalue weighted by Gasteiger charge is -2.01. The minimum atomic E-state index is -1.91. The number of rotatable bonds is 4. The summed E-state index contributed by atoms with van der Waals surface area (Å²) in [6, 6.07) is -1.91. The lowest BCUT2D eigenvalue weighted by atomic mass is 10.3. The van der Waals surface area contributed by atoms with E-state index < -0.39 is 18.0 Å². The zero-order valence-corrected chi connectivity index (χ0v) is 4.70. The number of hydrogen-bond acceptors (Lipinski definition) is 3. The normalized spacial score (nSPS) is 8.90. The molecule has 6 heteroatoms. The highest BCUT2D eigenvalue weighted by atomic mass is 16.4. The third-order valence-corrected chi connectivity index (χ3v) is 0.697. The molecule has 0 rings (SSSR count).